The van der Waals surface area contributed by atoms with E-state index >= 15 is 0 Å². The fourth-order valence-corrected chi connectivity index (χ4v) is 5.02. The first-order valence-electron chi connectivity index (χ1n) is 5.67. The molecule has 0 atom stereocenters. The van der Waals surface area contributed by atoms with Crippen molar-refractivity contribution < 1.29 is 13.2 Å². The molecule has 0 spiro atoms. The number of thiophene rings is 1. The monoisotopic (exact) mass is 376 g/mol. The highest BCUT2D eigenvalue weighted by molar-refractivity contribution is 9.11. The number of aryl methyl sites for hydroxylation is 1. The summed E-state index contributed by atoms with van der Waals surface area (Å²) in [5, 5.41) is 0. The lowest BCUT2D eigenvalue weighted by atomic mass is 10.3. The highest BCUT2D eigenvalue weighted by Crippen LogP contribution is 2.29. The fourth-order valence-electron chi connectivity index (χ4n) is 1.59. The average molecular weight is 377 g/mol. The largest absolute Gasteiger partial charge is 0.481 e. The van der Waals surface area contributed by atoms with Gasteiger partial charge in [0.1, 0.15) is 0 Å². The van der Waals surface area contributed by atoms with Crippen LogP contribution in [-0.2, 0) is 16.6 Å². The summed E-state index contributed by atoms with van der Waals surface area (Å²) in [6.45, 7) is 1.96. The van der Waals surface area contributed by atoms with Gasteiger partial charge in [0.2, 0.25) is 15.9 Å². The normalized spacial score (nSPS) is 11.6. The Morgan fingerprint density at radius 3 is 2.70 bits per heavy atom. The van der Waals surface area contributed by atoms with E-state index in [0.29, 0.717) is 10.8 Å². The Morgan fingerprint density at radius 2 is 2.20 bits per heavy atom. The van der Waals surface area contributed by atoms with Crippen LogP contribution in [0, 0.1) is 6.92 Å². The van der Waals surface area contributed by atoms with E-state index < -0.39 is 10.0 Å². The Morgan fingerprint density at radius 1 is 1.45 bits per heavy atom. The molecule has 0 bridgehead atoms. The van der Waals surface area contributed by atoms with Gasteiger partial charge in [0.25, 0.3) is 0 Å². The summed E-state index contributed by atoms with van der Waals surface area (Å²) in [6.07, 6.45) is 1.58. The molecule has 2 heterocycles. The van der Waals surface area contributed by atoms with E-state index in [9.17, 15) is 8.42 Å². The SMILES string of the molecule is COc1ccc(CNS(=O)(=O)c2cc(Br)sc2C)cn1. The summed E-state index contributed by atoms with van der Waals surface area (Å²) in [7, 11) is -1.98. The highest BCUT2D eigenvalue weighted by Gasteiger charge is 2.19. The molecule has 8 heteroatoms. The predicted octanol–water partition coefficient (Wildman–Crippen LogP) is 2.70. The first-order valence-corrected chi connectivity index (χ1v) is 8.76. The van der Waals surface area contributed by atoms with Gasteiger partial charge in [-0.3, -0.25) is 0 Å². The lowest BCUT2D eigenvalue weighted by molar-refractivity contribution is 0.397. The average Bonchev–Trinajstić information content (AvgIpc) is 2.77. The van der Waals surface area contributed by atoms with E-state index in [1.807, 2.05) is 0 Å². The van der Waals surface area contributed by atoms with Crippen LogP contribution in [0.3, 0.4) is 0 Å². The molecular formula is C12H13BrN2O3S2. The summed E-state index contributed by atoms with van der Waals surface area (Å²) in [5.41, 5.74) is 0.765. The Balaban J connectivity index is 2.11. The van der Waals surface area contributed by atoms with Gasteiger partial charge in [0.05, 0.1) is 15.8 Å². The molecule has 0 unspecified atom stereocenters. The molecule has 0 fully saturated rings. The molecule has 0 radical (unpaired) electrons. The number of hydrogen-bond donors (Lipinski definition) is 1. The molecule has 2 aromatic heterocycles. The van der Waals surface area contributed by atoms with Gasteiger partial charge in [-0.25, -0.2) is 18.1 Å². The van der Waals surface area contributed by atoms with Crippen LogP contribution in [0.1, 0.15) is 10.4 Å². The molecule has 0 aliphatic carbocycles. The fraction of sp³-hybridized carbons (Fsp3) is 0.250. The van der Waals surface area contributed by atoms with Crippen molar-refractivity contribution in [2.75, 3.05) is 7.11 Å². The van der Waals surface area contributed by atoms with Gasteiger partial charge in [0, 0.05) is 23.7 Å². The van der Waals surface area contributed by atoms with Gasteiger partial charge < -0.3 is 4.74 Å². The number of ether oxygens (including phenoxy) is 1. The van der Waals surface area contributed by atoms with Crippen LogP contribution >= 0.6 is 27.3 Å². The number of rotatable bonds is 5. The summed E-state index contributed by atoms with van der Waals surface area (Å²) in [4.78, 5) is 5.08. The number of methoxy groups -OCH3 is 1. The van der Waals surface area contributed by atoms with Crippen LogP contribution in [-0.4, -0.2) is 20.5 Å². The minimum Gasteiger partial charge on any atom is -0.481 e. The second-order valence-corrected chi connectivity index (χ2v) is 8.38. The number of nitrogens with one attached hydrogen (secondary N) is 1. The van der Waals surface area contributed by atoms with Crippen LogP contribution in [0.5, 0.6) is 5.88 Å². The van der Waals surface area contributed by atoms with E-state index in [1.165, 1.54) is 18.4 Å². The molecular weight excluding hydrogens is 364 g/mol. The summed E-state index contributed by atoms with van der Waals surface area (Å²) < 4.78 is 32.7. The zero-order chi connectivity index (χ0) is 14.8. The second kappa shape index (κ2) is 6.21. The maximum atomic E-state index is 12.2. The molecule has 1 N–H and O–H groups in total. The third-order valence-electron chi connectivity index (χ3n) is 2.60. The van der Waals surface area contributed by atoms with Gasteiger partial charge in [-0.15, -0.1) is 11.3 Å². The number of hydrogen-bond acceptors (Lipinski definition) is 5. The minimum absolute atomic E-state index is 0.187. The zero-order valence-corrected chi connectivity index (χ0v) is 14.1. The van der Waals surface area contributed by atoms with Gasteiger partial charge in [-0.05, 0) is 34.5 Å². The lowest BCUT2D eigenvalue weighted by Crippen LogP contribution is -2.23. The smallest absolute Gasteiger partial charge is 0.242 e. The number of nitrogens with zero attached hydrogens (tertiary/aromatic N) is 1. The topological polar surface area (TPSA) is 68.3 Å². The van der Waals surface area contributed by atoms with Crippen LogP contribution in [0.4, 0.5) is 0 Å². The van der Waals surface area contributed by atoms with Crippen LogP contribution < -0.4 is 9.46 Å². The van der Waals surface area contributed by atoms with E-state index in [-0.39, 0.29) is 6.54 Å². The van der Waals surface area contributed by atoms with Crippen molar-refractivity contribution in [3.8, 4) is 5.88 Å². The first-order chi connectivity index (χ1) is 9.42. The molecule has 0 aliphatic rings. The minimum atomic E-state index is -3.51. The van der Waals surface area contributed by atoms with Crippen LogP contribution in [0.15, 0.2) is 33.1 Å². The molecule has 0 saturated heterocycles. The maximum absolute atomic E-state index is 12.2. The summed E-state index contributed by atoms with van der Waals surface area (Å²) in [5.74, 6) is 0.495. The van der Waals surface area contributed by atoms with Gasteiger partial charge in [-0.2, -0.15) is 0 Å². The lowest BCUT2D eigenvalue weighted by Gasteiger charge is -2.06. The van der Waals surface area contributed by atoms with Crippen molar-refractivity contribution in [2.24, 2.45) is 0 Å². The summed E-state index contributed by atoms with van der Waals surface area (Å²) in [6, 6.07) is 5.06. The Hall–Kier alpha value is -0.960. The molecule has 0 saturated carbocycles. The van der Waals surface area contributed by atoms with Gasteiger partial charge in [-0.1, -0.05) is 6.07 Å². The summed E-state index contributed by atoms with van der Waals surface area (Å²) >= 11 is 4.68. The number of halogens is 1. The van der Waals surface area contributed by atoms with Crippen molar-refractivity contribution in [3.63, 3.8) is 0 Å². The quantitative estimate of drug-likeness (QED) is 0.870. The first kappa shape index (κ1) is 15.4. The van der Waals surface area contributed by atoms with E-state index in [2.05, 4.69) is 25.6 Å². The molecule has 5 nitrogen and oxygen atoms in total. The standard InChI is InChI=1S/C12H13BrN2O3S2/c1-8-10(5-11(13)19-8)20(16,17)15-7-9-3-4-12(18-2)14-6-9/h3-6,15H,7H2,1-2H3. The Labute approximate surface area is 130 Å². The highest BCUT2D eigenvalue weighted by atomic mass is 79.9. The maximum Gasteiger partial charge on any atom is 0.242 e. The molecule has 0 aliphatic heterocycles. The molecule has 0 amide bonds. The van der Waals surface area contributed by atoms with Crippen molar-refractivity contribution in [1.82, 2.24) is 9.71 Å². The van der Waals surface area contributed by atoms with Gasteiger partial charge >= 0.3 is 0 Å². The van der Waals surface area contributed by atoms with Gasteiger partial charge in [0.15, 0.2) is 0 Å². The van der Waals surface area contributed by atoms with E-state index in [1.54, 1.807) is 31.3 Å². The molecule has 2 rings (SSSR count). The third kappa shape index (κ3) is 3.57. The van der Waals surface area contributed by atoms with Crippen molar-refractivity contribution in [2.45, 2.75) is 18.4 Å². The Bertz CT molecular complexity index is 696. The molecule has 108 valence electrons. The van der Waals surface area contributed by atoms with Crippen LogP contribution in [0.25, 0.3) is 0 Å². The molecule has 2 aromatic rings. The number of sulfonamides is 1. The Kier molecular flexibility index (Phi) is 4.79. The van der Waals surface area contributed by atoms with Crippen molar-refractivity contribution >= 4 is 37.3 Å². The zero-order valence-electron chi connectivity index (χ0n) is 10.9. The van der Waals surface area contributed by atoms with Crippen molar-refractivity contribution in [3.05, 3.63) is 38.6 Å². The van der Waals surface area contributed by atoms with E-state index in [0.717, 1.165) is 14.2 Å². The third-order valence-corrected chi connectivity index (χ3v) is 5.81. The predicted molar refractivity (Wildman–Crippen MR) is 81.6 cm³/mol. The second-order valence-electron chi connectivity index (χ2n) is 4.00. The number of aromatic nitrogens is 1. The number of pyridine rings is 1. The van der Waals surface area contributed by atoms with Crippen LogP contribution in [0.2, 0.25) is 0 Å². The van der Waals surface area contributed by atoms with E-state index in [4.69, 9.17) is 4.74 Å². The molecule has 0 aromatic carbocycles. The van der Waals surface area contributed by atoms with Crippen molar-refractivity contribution in [1.29, 1.82) is 0 Å². The molecule has 20 heavy (non-hydrogen) atoms.